The summed E-state index contributed by atoms with van der Waals surface area (Å²) in [6, 6.07) is 2.48. The third kappa shape index (κ3) is 2.00. The number of phenolic OH excluding ortho intramolecular Hbond substituents is 1. The second-order valence-electron chi connectivity index (χ2n) is 2.23. The van der Waals surface area contributed by atoms with Crippen molar-refractivity contribution in [1.29, 1.82) is 0 Å². The quantitative estimate of drug-likeness (QED) is 0.514. The van der Waals surface area contributed by atoms with Crippen LogP contribution < -0.4 is 4.74 Å². The molecule has 1 rings (SSSR count). The fourth-order valence-corrected chi connectivity index (χ4v) is 1.47. The molecule has 0 bridgehead atoms. The molecule has 0 radical (unpaired) electrons. The Kier molecular flexibility index (Phi) is 2.91. The lowest BCUT2D eigenvalue weighted by Gasteiger charge is -2.03. The van der Waals surface area contributed by atoms with Gasteiger partial charge in [0.25, 0.3) is 5.69 Å². The Labute approximate surface area is 87.6 Å². The van der Waals surface area contributed by atoms with Crippen molar-refractivity contribution in [3.63, 3.8) is 0 Å². The number of methoxy groups -OCH3 is 1. The van der Waals surface area contributed by atoms with Gasteiger partial charge in [-0.1, -0.05) is 0 Å². The van der Waals surface area contributed by atoms with E-state index in [4.69, 9.17) is 4.74 Å². The maximum absolute atomic E-state index is 10.4. The molecule has 0 aliphatic carbocycles. The number of aromatic hydroxyl groups is 1. The van der Waals surface area contributed by atoms with E-state index in [1.54, 1.807) is 0 Å². The number of phenols is 1. The van der Waals surface area contributed by atoms with E-state index >= 15 is 0 Å². The maximum atomic E-state index is 10.4. The lowest BCUT2D eigenvalue weighted by atomic mass is 10.3. The van der Waals surface area contributed by atoms with Gasteiger partial charge in [0.1, 0.15) is 0 Å². The van der Waals surface area contributed by atoms with Crippen LogP contribution in [0, 0.1) is 13.7 Å². The fraction of sp³-hybridized carbons (Fsp3) is 0.143. The van der Waals surface area contributed by atoms with Gasteiger partial charge in [-0.25, -0.2) is 0 Å². The number of halogens is 1. The molecule has 13 heavy (non-hydrogen) atoms. The van der Waals surface area contributed by atoms with E-state index in [0.29, 0.717) is 3.57 Å². The summed E-state index contributed by atoms with van der Waals surface area (Å²) in [7, 11) is 1.39. The van der Waals surface area contributed by atoms with Gasteiger partial charge >= 0.3 is 0 Å². The monoisotopic (exact) mass is 295 g/mol. The summed E-state index contributed by atoms with van der Waals surface area (Å²) in [6.45, 7) is 0. The van der Waals surface area contributed by atoms with E-state index in [9.17, 15) is 15.2 Å². The minimum absolute atomic E-state index is 0.126. The first-order chi connectivity index (χ1) is 6.06. The van der Waals surface area contributed by atoms with Gasteiger partial charge < -0.3 is 9.84 Å². The van der Waals surface area contributed by atoms with Gasteiger partial charge in [-0.2, -0.15) is 0 Å². The van der Waals surface area contributed by atoms with Crippen molar-refractivity contribution in [3.8, 4) is 11.5 Å². The SMILES string of the molecule is COc1cc(I)c([N+](=O)[O-])cc1O. The fourth-order valence-electron chi connectivity index (χ4n) is 0.836. The lowest BCUT2D eigenvalue weighted by molar-refractivity contribution is -0.385. The molecule has 0 aliphatic rings. The Morgan fingerprint density at radius 2 is 2.23 bits per heavy atom. The first-order valence-electron chi connectivity index (χ1n) is 3.27. The summed E-state index contributed by atoms with van der Waals surface area (Å²) in [6.07, 6.45) is 0. The molecule has 0 aromatic heterocycles. The average Bonchev–Trinajstić information content (AvgIpc) is 2.07. The topological polar surface area (TPSA) is 72.6 Å². The Morgan fingerprint density at radius 1 is 1.62 bits per heavy atom. The summed E-state index contributed by atoms with van der Waals surface area (Å²) >= 11 is 1.81. The Balaban J connectivity index is 3.28. The lowest BCUT2D eigenvalue weighted by Crippen LogP contribution is -1.93. The molecule has 5 nitrogen and oxygen atoms in total. The van der Waals surface area contributed by atoms with Crippen LogP contribution >= 0.6 is 22.6 Å². The van der Waals surface area contributed by atoms with Crippen LogP contribution in [0.3, 0.4) is 0 Å². The smallest absolute Gasteiger partial charge is 0.286 e. The predicted octanol–water partition coefficient (Wildman–Crippen LogP) is 1.91. The number of hydrogen-bond acceptors (Lipinski definition) is 4. The highest BCUT2D eigenvalue weighted by Crippen LogP contribution is 2.33. The van der Waals surface area contributed by atoms with E-state index in [0.717, 1.165) is 6.07 Å². The molecule has 0 fully saturated rings. The molecule has 1 aromatic rings. The number of nitro groups is 1. The van der Waals surface area contributed by atoms with Crippen LogP contribution in [0.1, 0.15) is 0 Å². The van der Waals surface area contributed by atoms with Gasteiger partial charge in [-0.15, -0.1) is 0 Å². The van der Waals surface area contributed by atoms with Crippen LogP contribution in [0.15, 0.2) is 12.1 Å². The molecule has 0 saturated carbocycles. The van der Waals surface area contributed by atoms with Crippen LogP contribution in [0.5, 0.6) is 11.5 Å². The number of nitrogens with zero attached hydrogens (tertiary/aromatic N) is 1. The molecule has 0 heterocycles. The molecular formula is C7H6INO4. The zero-order chi connectivity index (χ0) is 10.0. The van der Waals surface area contributed by atoms with Gasteiger partial charge in [0.05, 0.1) is 21.7 Å². The van der Waals surface area contributed by atoms with Crippen molar-refractivity contribution in [2.24, 2.45) is 0 Å². The van der Waals surface area contributed by atoms with Crippen LogP contribution in [0.2, 0.25) is 0 Å². The number of benzene rings is 1. The van der Waals surface area contributed by atoms with Crippen LogP contribution in [0.25, 0.3) is 0 Å². The molecular weight excluding hydrogens is 289 g/mol. The molecule has 0 unspecified atom stereocenters. The summed E-state index contributed by atoms with van der Waals surface area (Å²) in [5.74, 6) is 0.00427. The summed E-state index contributed by atoms with van der Waals surface area (Å²) in [4.78, 5) is 9.87. The number of rotatable bonds is 2. The third-order valence-corrected chi connectivity index (χ3v) is 2.31. The number of ether oxygens (including phenoxy) is 1. The van der Waals surface area contributed by atoms with Crippen LogP contribution in [0.4, 0.5) is 5.69 Å². The van der Waals surface area contributed by atoms with Gasteiger partial charge in [-0.3, -0.25) is 10.1 Å². The molecule has 0 atom stereocenters. The van der Waals surface area contributed by atoms with Gasteiger partial charge in [0.15, 0.2) is 11.5 Å². The zero-order valence-electron chi connectivity index (χ0n) is 6.65. The average molecular weight is 295 g/mol. The summed E-state index contributed by atoms with van der Waals surface area (Å²) < 4.78 is 5.21. The third-order valence-electron chi connectivity index (χ3n) is 1.45. The normalized spacial score (nSPS) is 9.69. The molecule has 1 N–H and O–H groups in total. The summed E-state index contributed by atoms with van der Waals surface area (Å²) in [5.41, 5.74) is -0.126. The largest absolute Gasteiger partial charge is 0.504 e. The standard InChI is InChI=1S/C7H6INO4/c1-13-7-2-4(8)5(9(11)12)3-6(7)10/h2-3,10H,1H3. The summed E-state index contributed by atoms with van der Waals surface area (Å²) in [5, 5.41) is 19.7. The second-order valence-corrected chi connectivity index (χ2v) is 3.39. The van der Waals surface area contributed by atoms with Gasteiger partial charge in [0.2, 0.25) is 0 Å². The van der Waals surface area contributed by atoms with Crippen LogP contribution in [-0.2, 0) is 0 Å². The maximum Gasteiger partial charge on any atom is 0.286 e. The van der Waals surface area contributed by atoms with Crippen molar-refractivity contribution in [2.75, 3.05) is 7.11 Å². The highest BCUT2D eigenvalue weighted by molar-refractivity contribution is 14.1. The van der Waals surface area contributed by atoms with E-state index in [1.807, 2.05) is 22.6 Å². The molecule has 1 aromatic carbocycles. The van der Waals surface area contributed by atoms with Crippen molar-refractivity contribution in [2.45, 2.75) is 0 Å². The van der Waals surface area contributed by atoms with Crippen molar-refractivity contribution in [1.82, 2.24) is 0 Å². The van der Waals surface area contributed by atoms with Crippen molar-refractivity contribution < 1.29 is 14.8 Å². The van der Waals surface area contributed by atoms with Gasteiger partial charge in [-0.05, 0) is 22.6 Å². The molecule has 0 amide bonds. The van der Waals surface area contributed by atoms with E-state index < -0.39 is 4.92 Å². The van der Waals surface area contributed by atoms with Crippen molar-refractivity contribution in [3.05, 3.63) is 25.8 Å². The van der Waals surface area contributed by atoms with Crippen LogP contribution in [-0.4, -0.2) is 17.1 Å². The van der Waals surface area contributed by atoms with Gasteiger partial charge in [0, 0.05) is 6.07 Å². The minimum Gasteiger partial charge on any atom is -0.504 e. The highest BCUT2D eigenvalue weighted by atomic mass is 127. The first kappa shape index (κ1) is 10.0. The molecule has 6 heteroatoms. The van der Waals surface area contributed by atoms with E-state index in [1.165, 1.54) is 13.2 Å². The molecule has 0 saturated heterocycles. The molecule has 0 spiro atoms. The van der Waals surface area contributed by atoms with Crippen molar-refractivity contribution >= 4 is 28.3 Å². The Hall–Kier alpha value is -1.05. The zero-order valence-corrected chi connectivity index (χ0v) is 8.81. The predicted molar refractivity (Wildman–Crippen MR) is 54.0 cm³/mol. The number of nitro benzene ring substituents is 1. The highest BCUT2D eigenvalue weighted by Gasteiger charge is 2.16. The second kappa shape index (κ2) is 3.77. The number of hydrogen-bond donors (Lipinski definition) is 1. The van der Waals surface area contributed by atoms with E-state index in [2.05, 4.69) is 0 Å². The molecule has 70 valence electrons. The van der Waals surface area contributed by atoms with E-state index in [-0.39, 0.29) is 17.2 Å². The Morgan fingerprint density at radius 3 is 2.69 bits per heavy atom. The first-order valence-corrected chi connectivity index (χ1v) is 4.35. The minimum atomic E-state index is -0.555. The Bertz CT molecular complexity index is 353. The molecule has 0 aliphatic heterocycles.